The van der Waals surface area contributed by atoms with Gasteiger partial charge in [-0.15, -0.1) is 0 Å². The Hall–Kier alpha value is -3.00. The summed E-state index contributed by atoms with van der Waals surface area (Å²) in [4.78, 5) is 25.7. The summed E-state index contributed by atoms with van der Waals surface area (Å²) >= 11 is 0. The highest BCUT2D eigenvalue weighted by Gasteiger charge is 2.13. The normalized spacial score (nSPS) is 9.63. The standard InChI is InChI=1S/C14H8N2O3/c15-7-12-6-5-11(8-16-12)9-1-3-10(4-2-9)13(17)14(18)19/h1-6,8H,(H,18,19). The number of nitrogens with zero attached hydrogens (tertiary/aromatic N) is 2. The third-order valence-corrected chi connectivity index (χ3v) is 2.55. The van der Waals surface area contributed by atoms with Gasteiger partial charge in [-0.2, -0.15) is 5.26 Å². The molecule has 0 radical (unpaired) electrons. The number of benzene rings is 1. The highest BCUT2D eigenvalue weighted by atomic mass is 16.4. The van der Waals surface area contributed by atoms with Crippen molar-refractivity contribution in [2.45, 2.75) is 0 Å². The maximum absolute atomic E-state index is 11.2. The zero-order valence-electron chi connectivity index (χ0n) is 9.70. The van der Waals surface area contributed by atoms with Gasteiger partial charge in [0.25, 0.3) is 5.78 Å². The number of nitriles is 1. The zero-order chi connectivity index (χ0) is 13.8. The van der Waals surface area contributed by atoms with Crippen molar-refractivity contribution in [2.24, 2.45) is 0 Å². The van der Waals surface area contributed by atoms with Crippen LogP contribution in [0.2, 0.25) is 0 Å². The molecule has 0 spiro atoms. The number of carbonyl (C=O) groups excluding carboxylic acids is 1. The smallest absolute Gasteiger partial charge is 0.377 e. The topological polar surface area (TPSA) is 91.0 Å². The summed E-state index contributed by atoms with van der Waals surface area (Å²) < 4.78 is 0. The number of Topliss-reactive ketones (excluding diaryl/α,β-unsaturated/α-hetero) is 1. The Kier molecular flexibility index (Phi) is 3.35. The molecule has 0 saturated carbocycles. The average molecular weight is 252 g/mol. The number of carboxylic acid groups (broad SMARTS) is 1. The molecular formula is C14H8N2O3. The van der Waals surface area contributed by atoms with Crippen LogP contribution in [-0.4, -0.2) is 21.8 Å². The Labute approximate surface area is 108 Å². The van der Waals surface area contributed by atoms with Gasteiger partial charge in [0.1, 0.15) is 11.8 Å². The van der Waals surface area contributed by atoms with Gasteiger partial charge in [-0.1, -0.05) is 24.3 Å². The maximum Gasteiger partial charge on any atom is 0.377 e. The van der Waals surface area contributed by atoms with Gasteiger partial charge in [0, 0.05) is 17.3 Å². The molecular weight excluding hydrogens is 244 g/mol. The van der Waals surface area contributed by atoms with Crippen molar-refractivity contribution in [2.75, 3.05) is 0 Å². The van der Waals surface area contributed by atoms with Crippen LogP contribution >= 0.6 is 0 Å². The largest absolute Gasteiger partial charge is 0.475 e. The Morgan fingerprint density at radius 3 is 2.16 bits per heavy atom. The number of hydrogen-bond donors (Lipinski definition) is 1. The number of rotatable bonds is 3. The number of hydrogen-bond acceptors (Lipinski definition) is 4. The minimum absolute atomic E-state index is 0.123. The third-order valence-electron chi connectivity index (χ3n) is 2.55. The van der Waals surface area contributed by atoms with Crippen molar-refractivity contribution < 1.29 is 14.7 Å². The molecule has 0 aliphatic rings. The quantitative estimate of drug-likeness (QED) is 0.665. The van der Waals surface area contributed by atoms with E-state index in [-0.39, 0.29) is 5.56 Å². The van der Waals surface area contributed by atoms with Crippen molar-refractivity contribution in [3.63, 3.8) is 0 Å². The molecule has 92 valence electrons. The molecule has 0 aliphatic carbocycles. The van der Waals surface area contributed by atoms with E-state index in [1.165, 1.54) is 12.1 Å². The van der Waals surface area contributed by atoms with E-state index in [1.54, 1.807) is 30.5 Å². The van der Waals surface area contributed by atoms with Gasteiger partial charge >= 0.3 is 5.97 Å². The Balaban J connectivity index is 2.29. The molecule has 1 aromatic heterocycles. The highest BCUT2D eigenvalue weighted by Crippen LogP contribution is 2.19. The highest BCUT2D eigenvalue weighted by molar-refractivity contribution is 6.39. The fourth-order valence-corrected chi connectivity index (χ4v) is 1.57. The fourth-order valence-electron chi connectivity index (χ4n) is 1.57. The molecule has 0 unspecified atom stereocenters. The first-order valence-electron chi connectivity index (χ1n) is 5.36. The first kappa shape index (κ1) is 12.5. The molecule has 1 N–H and O–H groups in total. The van der Waals surface area contributed by atoms with E-state index in [0.29, 0.717) is 5.69 Å². The Morgan fingerprint density at radius 1 is 1.05 bits per heavy atom. The molecule has 19 heavy (non-hydrogen) atoms. The van der Waals surface area contributed by atoms with Crippen LogP contribution in [0.5, 0.6) is 0 Å². The molecule has 0 aliphatic heterocycles. The molecule has 0 fully saturated rings. The van der Waals surface area contributed by atoms with Crippen molar-refractivity contribution in [1.82, 2.24) is 4.98 Å². The monoisotopic (exact) mass is 252 g/mol. The zero-order valence-corrected chi connectivity index (χ0v) is 9.70. The van der Waals surface area contributed by atoms with Crippen molar-refractivity contribution in [3.8, 4) is 17.2 Å². The van der Waals surface area contributed by atoms with Crippen LogP contribution in [-0.2, 0) is 4.79 Å². The summed E-state index contributed by atoms with van der Waals surface area (Å²) in [7, 11) is 0. The molecule has 0 atom stereocenters. The van der Waals surface area contributed by atoms with Crippen LogP contribution in [0.15, 0.2) is 42.6 Å². The van der Waals surface area contributed by atoms with Gasteiger partial charge in [-0.05, 0) is 17.7 Å². The second-order valence-corrected chi connectivity index (χ2v) is 3.76. The molecule has 2 rings (SSSR count). The number of ketones is 1. The molecule has 0 saturated heterocycles. The summed E-state index contributed by atoms with van der Waals surface area (Å²) in [5.74, 6) is -2.42. The van der Waals surface area contributed by atoms with Crippen molar-refractivity contribution >= 4 is 11.8 Å². The predicted octanol–water partition coefficient (Wildman–Crippen LogP) is 1.89. The first-order valence-corrected chi connectivity index (χ1v) is 5.36. The van der Waals surface area contributed by atoms with E-state index in [2.05, 4.69) is 4.98 Å². The molecule has 5 heteroatoms. The number of aromatic nitrogens is 1. The van der Waals surface area contributed by atoms with E-state index in [9.17, 15) is 9.59 Å². The van der Waals surface area contributed by atoms with Crippen LogP contribution < -0.4 is 0 Å². The minimum atomic E-state index is -1.48. The Bertz CT molecular complexity index is 667. The lowest BCUT2D eigenvalue weighted by Crippen LogP contribution is -2.12. The summed E-state index contributed by atoms with van der Waals surface area (Å²) in [6, 6.07) is 11.4. The second-order valence-electron chi connectivity index (χ2n) is 3.76. The summed E-state index contributed by atoms with van der Waals surface area (Å²) in [5, 5.41) is 17.2. The lowest BCUT2D eigenvalue weighted by Gasteiger charge is -2.02. The lowest BCUT2D eigenvalue weighted by atomic mass is 10.0. The van der Waals surface area contributed by atoms with E-state index in [4.69, 9.17) is 10.4 Å². The maximum atomic E-state index is 11.2. The molecule has 0 bridgehead atoms. The van der Waals surface area contributed by atoms with Crippen LogP contribution in [0.3, 0.4) is 0 Å². The fraction of sp³-hybridized carbons (Fsp3) is 0. The van der Waals surface area contributed by atoms with Crippen LogP contribution in [0, 0.1) is 11.3 Å². The second kappa shape index (κ2) is 5.10. The lowest BCUT2D eigenvalue weighted by molar-refractivity contribution is -0.131. The van der Waals surface area contributed by atoms with E-state index < -0.39 is 11.8 Å². The van der Waals surface area contributed by atoms with E-state index >= 15 is 0 Å². The molecule has 1 aromatic carbocycles. The van der Waals surface area contributed by atoms with Gasteiger partial charge in [-0.3, -0.25) is 4.79 Å². The average Bonchev–Trinajstić information content (AvgIpc) is 2.46. The Morgan fingerprint density at radius 2 is 1.68 bits per heavy atom. The summed E-state index contributed by atoms with van der Waals surface area (Å²) in [6.07, 6.45) is 1.55. The number of carbonyl (C=O) groups is 2. The SMILES string of the molecule is N#Cc1ccc(-c2ccc(C(=O)C(=O)O)cc2)cn1. The van der Waals surface area contributed by atoms with Crippen LogP contribution in [0.25, 0.3) is 11.1 Å². The van der Waals surface area contributed by atoms with Gasteiger partial charge < -0.3 is 5.11 Å². The van der Waals surface area contributed by atoms with Crippen molar-refractivity contribution in [1.29, 1.82) is 5.26 Å². The van der Waals surface area contributed by atoms with E-state index in [0.717, 1.165) is 11.1 Å². The predicted molar refractivity (Wildman–Crippen MR) is 66.4 cm³/mol. The molecule has 1 heterocycles. The van der Waals surface area contributed by atoms with Crippen LogP contribution in [0.1, 0.15) is 16.1 Å². The number of aliphatic carboxylic acids is 1. The molecule has 0 amide bonds. The van der Waals surface area contributed by atoms with Gasteiger partial charge in [0.05, 0.1) is 0 Å². The van der Waals surface area contributed by atoms with Crippen LogP contribution in [0.4, 0.5) is 0 Å². The van der Waals surface area contributed by atoms with Gasteiger partial charge in [0.15, 0.2) is 0 Å². The van der Waals surface area contributed by atoms with Gasteiger partial charge in [0.2, 0.25) is 0 Å². The number of carboxylic acids is 1. The summed E-state index contributed by atoms with van der Waals surface area (Å²) in [6.45, 7) is 0. The third kappa shape index (κ3) is 2.64. The van der Waals surface area contributed by atoms with Crippen molar-refractivity contribution in [3.05, 3.63) is 53.9 Å². The van der Waals surface area contributed by atoms with Gasteiger partial charge in [-0.25, -0.2) is 9.78 Å². The first-order chi connectivity index (χ1) is 9.11. The summed E-state index contributed by atoms with van der Waals surface area (Å²) in [5.41, 5.74) is 2.02. The number of pyridine rings is 1. The minimum Gasteiger partial charge on any atom is -0.475 e. The van der Waals surface area contributed by atoms with E-state index in [1.807, 2.05) is 6.07 Å². The molecule has 5 nitrogen and oxygen atoms in total. The molecule has 2 aromatic rings.